The summed E-state index contributed by atoms with van der Waals surface area (Å²) in [5.41, 5.74) is 1.40. The van der Waals surface area contributed by atoms with Gasteiger partial charge in [-0.15, -0.1) is 0 Å². The van der Waals surface area contributed by atoms with Crippen LogP contribution in [0, 0.1) is 23.6 Å². The van der Waals surface area contributed by atoms with Gasteiger partial charge in [0.15, 0.2) is 0 Å². The zero-order valence-corrected chi connectivity index (χ0v) is 7.15. The van der Waals surface area contributed by atoms with Crippen LogP contribution in [0.1, 0.15) is 11.1 Å². The van der Waals surface area contributed by atoms with Crippen LogP contribution in [0.25, 0.3) is 4.85 Å². The van der Waals surface area contributed by atoms with Crippen LogP contribution >= 0.6 is 0 Å². The van der Waals surface area contributed by atoms with Gasteiger partial charge in [0, 0.05) is 17.2 Å². The molecule has 0 heterocycles. The maximum atomic E-state index is 10.5. The van der Waals surface area contributed by atoms with E-state index in [4.69, 9.17) is 6.57 Å². The first-order valence-corrected chi connectivity index (χ1v) is 3.72. The van der Waals surface area contributed by atoms with E-state index in [1.54, 1.807) is 19.1 Å². The van der Waals surface area contributed by atoms with Crippen molar-refractivity contribution in [2.24, 2.45) is 0 Å². The molecule has 0 aromatic heterocycles. The van der Waals surface area contributed by atoms with Gasteiger partial charge in [0.1, 0.15) is 0 Å². The van der Waals surface area contributed by atoms with E-state index in [9.17, 15) is 10.1 Å². The van der Waals surface area contributed by atoms with Crippen LogP contribution in [0.3, 0.4) is 0 Å². The number of benzene rings is 1. The highest BCUT2D eigenvalue weighted by atomic mass is 16.6. The molecule has 1 aromatic carbocycles. The van der Waals surface area contributed by atoms with Crippen LogP contribution in [0.15, 0.2) is 18.2 Å². The SMILES string of the molecule is [C-]#[N+]Cc1ccc(C)c([N+](=O)[O-])c1. The summed E-state index contributed by atoms with van der Waals surface area (Å²) >= 11 is 0. The summed E-state index contributed by atoms with van der Waals surface area (Å²) in [5, 5.41) is 10.5. The van der Waals surface area contributed by atoms with Crippen LogP contribution in [0.4, 0.5) is 5.69 Å². The Morgan fingerprint density at radius 2 is 2.31 bits per heavy atom. The van der Waals surface area contributed by atoms with E-state index in [1.165, 1.54) is 6.07 Å². The van der Waals surface area contributed by atoms with Crippen molar-refractivity contribution < 1.29 is 4.92 Å². The second-order valence-corrected chi connectivity index (χ2v) is 2.69. The van der Waals surface area contributed by atoms with Gasteiger partial charge >= 0.3 is 0 Å². The number of nitro benzene ring substituents is 1. The summed E-state index contributed by atoms with van der Waals surface area (Å²) in [6.45, 7) is 8.50. The molecule has 13 heavy (non-hydrogen) atoms. The predicted molar refractivity (Wildman–Crippen MR) is 48.1 cm³/mol. The van der Waals surface area contributed by atoms with Crippen LogP contribution in [0.2, 0.25) is 0 Å². The first-order chi connectivity index (χ1) is 6.15. The van der Waals surface area contributed by atoms with E-state index >= 15 is 0 Å². The average Bonchev–Trinajstić information content (AvgIpc) is 2.08. The normalized spacial score (nSPS) is 9.23. The highest BCUT2D eigenvalue weighted by Crippen LogP contribution is 2.19. The predicted octanol–water partition coefficient (Wildman–Crippen LogP) is 2.32. The van der Waals surface area contributed by atoms with Gasteiger partial charge in [-0.25, -0.2) is 6.57 Å². The largest absolute Gasteiger partial charge is 0.312 e. The topological polar surface area (TPSA) is 47.5 Å². The minimum Gasteiger partial charge on any atom is -0.312 e. The molecule has 0 bridgehead atoms. The lowest BCUT2D eigenvalue weighted by atomic mass is 10.1. The summed E-state index contributed by atoms with van der Waals surface area (Å²) < 4.78 is 0. The quantitative estimate of drug-likeness (QED) is 0.394. The Morgan fingerprint density at radius 1 is 1.62 bits per heavy atom. The van der Waals surface area contributed by atoms with Gasteiger partial charge in [-0.05, 0) is 6.92 Å². The van der Waals surface area contributed by atoms with E-state index in [1.807, 2.05) is 0 Å². The molecule has 1 aromatic rings. The third-order valence-electron chi connectivity index (χ3n) is 1.73. The molecule has 0 aliphatic heterocycles. The summed E-state index contributed by atoms with van der Waals surface area (Å²) in [5.74, 6) is 0. The lowest BCUT2D eigenvalue weighted by Gasteiger charge is -1.97. The number of rotatable bonds is 2. The number of aryl methyl sites for hydroxylation is 1. The molecule has 0 aliphatic rings. The molecule has 0 saturated carbocycles. The molecule has 0 spiro atoms. The van der Waals surface area contributed by atoms with E-state index in [2.05, 4.69) is 4.85 Å². The molecular formula is C9H8N2O2. The fourth-order valence-electron chi connectivity index (χ4n) is 1.04. The first-order valence-electron chi connectivity index (χ1n) is 3.72. The molecule has 0 aliphatic carbocycles. The second-order valence-electron chi connectivity index (χ2n) is 2.69. The minimum atomic E-state index is -0.428. The number of nitro groups is 1. The van der Waals surface area contributed by atoms with Crippen molar-refractivity contribution in [1.29, 1.82) is 0 Å². The van der Waals surface area contributed by atoms with Gasteiger partial charge in [0.25, 0.3) is 5.69 Å². The highest BCUT2D eigenvalue weighted by Gasteiger charge is 2.11. The Kier molecular flexibility index (Phi) is 2.60. The molecule has 0 atom stereocenters. The molecule has 0 fully saturated rings. The molecule has 0 saturated heterocycles. The Labute approximate surface area is 75.8 Å². The van der Waals surface area contributed by atoms with E-state index < -0.39 is 4.92 Å². The van der Waals surface area contributed by atoms with Crippen LogP contribution < -0.4 is 0 Å². The second kappa shape index (κ2) is 3.68. The Balaban J connectivity index is 3.13. The average molecular weight is 176 g/mol. The Hall–Kier alpha value is -1.89. The van der Waals surface area contributed by atoms with Crippen LogP contribution in [-0.4, -0.2) is 4.92 Å². The molecule has 0 N–H and O–H groups in total. The standard InChI is InChI=1S/C9H8N2O2/c1-7-3-4-8(6-10-2)5-9(7)11(12)13/h3-5H,6H2,1H3. The van der Waals surface area contributed by atoms with Gasteiger partial charge in [0.2, 0.25) is 6.54 Å². The minimum absolute atomic E-state index is 0.0844. The maximum absolute atomic E-state index is 10.5. The first kappa shape index (κ1) is 9.20. The van der Waals surface area contributed by atoms with Crippen molar-refractivity contribution >= 4 is 5.69 Å². The summed E-state index contributed by atoms with van der Waals surface area (Å²) in [7, 11) is 0. The lowest BCUT2D eigenvalue weighted by Crippen LogP contribution is -1.92. The van der Waals surface area contributed by atoms with Gasteiger partial charge in [0.05, 0.1) is 4.92 Å². The fraction of sp³-hybridized carbons (Fsp3) is 0.222. The smallest absolute Gasteiger partial charge is 0.272 e. The van der Waals surface area contributed by atoms with Crippen molar-refractivity contribution in [3.05, 3.63) is 50.9 Å². The van der Waals surface area contributed by atoms with Crippen LogP contribution in [-0.2, 0) is 6.54 Å². The third kappa shape index (κ3) is 2.03. The number of hydrogen-bond acceptors (Lipinski definition) is 2. The van der Waals surface area contributed by atoms with Gasteiger partial charge in [-0.1, -0.05) is 12.1 Å². The zero-order chi connectivity index (χ0) is 9.84. The lowest BCUT2D eigenvalue weighted by molar-refractivity contribution is -0.385. The molecule has 0 amide bonds. The Bertz CT molecular complexity index is 380. The molecule has 4 nitrogen and oxygen atoms in total. The molecule has 66 valence electrons. The van der Waals surface area contributed by atoms with E-state index in [0.29, 0.717) is 11.1 Å². The number of nitrogens with zero attached hydrogens (tertiary/aromatic N) is 2. The number of hydrogen-bond donors (Lipinski definition) is 0. The summed E-state index contributed by atoms with van der Waals surface area (Å²) in [6, 6.07) is 4.85. The molecular weight excluding hydrogens is 168 g/mol. The maximum Gasteiger partial charge on any atom is 0.272 e. The molecule has 0 radical (unpaired) electrons. The van der Waals surface area contributed by atoms with Gasteiger partial charge in [-0.3, -0.25) is 10.1 Å². The van der Waals surface area contributed by atoms with Crippen LogP contribution in [0.5, 0.6) is 0 Å². The van der Waals surface area contributed by atoms with Crippen molar-refractivity contribution in [2.45, 2.75) is 13.5 Å². The molecule has 4 heteroatoms. The van der Waals surface area contributed by atoms with Crippen molar-refractivity contribution in [1.82, 2.24) is 0 Å². The highest BCUT2D eigenvalue weighted by molar-refractivity contribution is 5.42. The Morgan fingerprint density at radius 3 is 2.85 bits per heavy atom. The van der Waals surface area contributed by atoms with Gasteiger partial charge in [-0.2, -0.15) is 0 Å². The fourth-order valence-corrected chi connectivity index (χ4v) is 1.04. The molecule has 1 rings (SSSR count). The van der Waals surface area contributed by atoms with Crippen molar-refractivity contribution in [2.75, 3.05) is 0 Å². The summed E-state index contributed by atoms with van der Waals surface area (Å²) in [6.07, 6.45) is 0. The van der Waals surface area contributed by atoms with Crippen molar-refractivity contribution in [3.63, 3.8) is 0 Å². The monoisotopic (exact) mass is 176 g/mol. The van der Waals surface area contributed by atoms with Crippen molar-refractivity contribution in [3.8, 4) is 0 Å². The summed E-state index contributed by atoms with van der Waals surface area (Å²) in [4.78, 5) is 13.2. The van der Waals surface area contributed by atoms with Gasteiger partial charge < -0.3 is 4.85 Å². The van der Waals surface area contributed by atoms with E-state index in [-0.39, 0.29) is 12.2 Å². The van der Waals surface area contributed by atoms with E-state index in [0.717, 1.165) is 0 Å². The zero-order valence-electron chi connectivity index (χ0n) is 7.15. The molecule has 0 unspecified atom stereocenters. The third-order valence-corrected chi connectivity index (χ3v) is 1.73.